The Hall–Kier alpha value is -1.58. The molecule has 0 saturated heterocycles. The number of hydrogen-bond acceptors (Lipinski definition) is 3. The van der Waals surface area contributed by atoms with Gasteiger partial charge in [0.05, 0.1) is 0 Å². The minimum atomic E-state index is 0.451. The molecule has 3 rings (SSSR count). The van der Waals surface area contributed by atoms with Gasteiger partial charge in [-0.3, -0.25) is 4.57 Å². The molecule has 4 nitrogen and oxygen atoms in total. The van der Waals surface area contributed by atoms with E-state index >= 15 is 0 Å². The molecule has 1 saturated carbocycles. The number of fused-ring (bicyclic) bond motifs is 1. The molecule has 1 aliphatic carbocycles. The second-order valence-corrected chi connectivity index (χ2v) is 5.77. The third-order valence-corrected chi connectivity index (χ3v) is 3.99. The van der Waals surface area contributed by atoms with Gasteiger partial charge in [-0.1, -0.05) is 13.8 Å². The lowest BCUT2D eigenvalue weighted by atomic mass is 10.1. The summed E-state index contributed by atoms with van der Waals surface area (Å²) in [5.41, 5.74) is 9.44. The molecule has 2 aromatic heterocycles. The largest absolute Gasteiger partial charge is 0.369 e. The summed E-state index contributed by atoms with van der Waals surface area (Å²) in [6, 6.07) is 1.97. The molecule has 2 aromatic rings. The van der Waals surface area contributed by atoms with Crippen molar-refractivity contribution in [3.63, 3.8) is 0 Å². The maximum Gasteiger partial charge on any atom is 0.202 e. The van der Waals surface area contributed by atoms with Gasteiger partial charge in [0.2, 0.25) is 5.95 Å². The number of pyridine rings is 1. The summed E-state index contributed by atoms with van der Waals surface area (Å²) >= 11 is 0. The van der Waals surface area contributed by atoms with E-state index in [4.69, 9.17) is 5.73 Å². The van der Waals surface area contributed by atoms with Crippen molar-refractivity contribution in [1.29, 1.82) is 0 Å². The van der Waals surface area contributed by atoms with Crippen molar-refractivity contribution < 1.29 is 0 Å². The van der Waals surface area contributed by atoms with E-state index in [1.54, 1.807) is 0 Å². The van der Waals surface area contributed by atoms with E-state index in [2.05, 4.69) is 28.4 Å². The van der Waals surface area contributed by atoms with E-state index in [0.717, 1.165) is 23.3 Å². The van der Waals surface area contributed by atoms with Crippen molar-refractivity contribution in [3.8, 4) is 0 Å². The van der Waals surface area contributed by atoms with Crippen LogP contribution in [0, 0.1) is 18.3 Å². The molecule has 17 heavy (non-hydrogen) atoms. The zero-order valence-electron chi connectivity index (χ0n) is 10.6. The predicted octanol–water partition coefficient (Wildman–Crippen LogP) is 2.37. The molecule has 2 N–H and O–H groups in total. The Kier molecular flexibility index (Phi) is 2.00. The number of aryl methyl sites for hydroxylation is 1. The lowest BCUT2D eigenvalue weighted by Crippen LogP contribution is -2.08. The molecular weight excluding hydrogens is 212 g/mol. The number of rotatable bonds is 2. The lowest BCUT2D eigenvalue weighted by Gasteiger charge is -2.07. The molecule has 1 fully saturated rings. The SMILES string of the molecule is Cc1ccnc2c1nc(N)n2CC1CC1(C)C. The molecule has 0 spiro atoms. The first kappa shape index (κ1) is 10.6. The summed E-state index contributed by atoms with van der Waals surface area (Å²) in [5, 5.41) is 0. The van der Waals surface area contributed by atoms with Gasteiger partial charge >= 0.3 is 0 Å². The van der Waals surface area contributed by atoms with Crippen LogP contribution in [0.2, 0.25) is 0 Å². The number of anilines is 1. The zero-order chi connectivity index (χ0) is 12.2. The summed E-state index contributed by atoms with van der Waals surface area (Å²) in [6.45, 7) is 7.57. The molecule has 2 heterocycles. The molecule has 0 radical (unpaired) electrons. The Labute approximate surface area is 101 Å². The van der Waals surface area contributed by atoms with Gasteiger partial charge < -0.3 is 5.73 Å². The molecule has 0 amide bonds. The second kappa shape index (κ2) is 3.22. The van der Waals surface area contributed by atoms with Gasteiger partial charge in [-0.15, -0.1) is 0 Å². The van der Waals surface area contributed by atoms with Gasteiger partial charge in [-0.05, 0) is 36.3 Å². The van der Waals surface area contributed by atoms with Gasteiger partial charge in [0.25, 0.3) is 0 Å². The van der Waals surface area contributed by atoms with Crippen LogP contribution in [-0.4, -0.2) is 14.5 Å². The molecule has 1 unspecified atom stereocenters. The van der Waals surface area contributed by atoms with E-state index in [1.807, 2.05) is 19.2 Å². The minimum Gasteiger partial charge on any atom is -0.369 e. The molecule has 4 heteroatoms. The van der Waals surface area contributed by atoms with E-state index in [0.29, 0.717) is 17.3 Å². The first-order chi connectivity index (χ1) is 7.99. The van der Waals surface area contributed by atoms with Crippen LogP contribution in [0.3, 0.4) is 0 Å². The number of nitrogen functional groups attached to an aromatic ring is 1. The molecule has 0 aromatic carbocycles. The first-order valence-corrected chi connectivity index (χ1v) is 6.06. The molecular formula is C13H18N4. The van der Waals surface area contributed by atoms with E-state index in [-0.39, 0.29) is 0 Å². The van der Waals surface area contributed by atoms with Crippen LogP contribution < -0.4 is 5.73 Å². The highest BCUT2D eigenvalue weighted by Crippen LogP contribution is 2.52. The van der Waals surface area contributed by atoms with Gasteiger partial charge in [-0.2, -0.15) is 0 Å². The molecule has 90 valence electrons. The van der Waals surface area contributed by atoms with Crippen molar-refractivity contribution in [3.05, 3.63) is 17.8 Å². The Morgan fingerprint density at radius 2 is 2.24 bits per heavy atom. The first-order valence-electron chi connectivity index (χ1n) is 6.06. The van der Waals surface area contributed by atoms with Crippen molar-refractivity contribution >= 4 is 17.1 Å². The van der Waals surface area contributed by atoms with E-state index < -0.39 is 0 Å². The standard InChI is InChI=1S/C13H18N4/c1-8-4-5-15-11-10(8)16-12(14)17(11)7-9-6-13(9,2)3/h4-5,9H,6-7H2,1-3H3,(H2,14,16). The van der Waals surface area contributed by atoms with E-state index in [1.165, 1.54) is 6.42 Å². The fourth-order valence-corrected chi connectivity index (χ4v) is 2.44. The van der Waals surface area contributed by atoms with Crippen LogP contribution in [0.1, 0.15) is 25.8 Å². The Morgan fingerprint density at radius 1 is 1.53 bits per heavy atom. The van der Waals surface area contributed by atoms with Gasteiger partial charge in [0.1, 0.15) is 5.52 Å². The Morgan fingerprint density at radius 3 is 2.88 bits per heavy atom. The smallest absolute Gasteiger partial charge is 0.202 e. The molecule has 1 aliphatic rings. The summed E-state index contributed by atoms with van der Waals surface area (Å²) < 4.78 is 2.06. The van der Waals surface area contributed by atoms with Gasteiger partial charge in [0.15, 0.2) is 5.65 Å². The van der Waals surface area contributed by atoms with Crippen molar-refractivity contribution in [1.82, 2.24) is 14.5 Å². The highest BCUT2D eigenvalue weighted by Gasteiger charge is 2.45. The summed E-state index contributed by atoms with van der Waals surface area (Å²) in [4.78, 5) is 8.83. The fourth-order valence-electron chi connectivity index (χ4n) is 2.44. The van der Waals surface area contributed by atoms with Crippen molar-refractivity contribution in [2.75, 3.05) is 5.73 Å². The van der Waals surface area contributed by atoms with Crippen LogP contribution in [0.4, 0.5) is 5.95 Å². The molecule has 0 aliphatic heterocycles. The van der Waals surface area contributed by atoms with Crippen LogP contribution >= 0.6 is 0 Å². The van der Waals surface area contributed by atoms with Crippen molar-refractivity contribution in [2.24, 2.45) is 11.3 Å². The average Bonchev–Trinajstić information content (AvgIpc) is 2.71. The maximum absolute atomic E-state index is 6.00. The van der Waals surface area contributed by atoms with Gasteiger partial charge in [-0.25, -0.2) is 9.97 Å². The van der Waals surface area contributed by atoms with Crippen LogP contribution in [0.25, 0.3) is 11.2 Å². The second-order valence-electron chi connectivity index (χ2n) is 5.77. The summed E-state index contributed by atoms with van der Waals surface area (Å²) in [5.74, 6) is 1.29. The Bertz CT molecular complexity index is 582. The van der Waals surface area contributed by atoms with E-state index in [9.17, 15) is 0 Å². The quantitative estimate of drug-likeness (QED) is 0.861. The minimum absolute atomic E-state index is 0.451. The van der Waals surface area contributed by atoms with Crippen LogP contribution in [0.5, 0.6) is 0 Å². The Balaban J connectivity index is 2.04. The molecule has 1 atom stereocenters. The highest BCUT2D eigenvalue weighted by atomic mass is 15.2. The highest BCUT2D eigenvalue weighted by molar-refractivity contribution is 5.77. The number of imidazole rings is 1. The third kappa shape index (κ3) is 1.59. The van der Waals surface area contributed by atoms with Gasteiger partial charge in [0, 0.05) is 12.7 Å². The zero-order valence-corrected chi connectivity index (χ0v) is 10.6. The summed E-state index contributed by atoms with van der Waals surface area (Å²) in [6.07, 6.45) is 3.09. The van der Waals surface area contributed by atoms with Crippen LogP contribution in [-0.2, 0) is 6.54 Å². The normalized spacial score (nSPS) is 21.9. The lowest BCUT2D eigenvalue weighted by molar-refractivity contribution is 0.506. The predicted molar refractivity (Wildman–Crippen MR) is 68.6 cm³/mol. The molecule has 0 bridgehead atoms. The summed E-state index contributed by atoms with van der Waals surface area (Å²) in [7, 11) is 0. The topological polar surface area (TPSA) is 56.7 Å². The fraction of sp³-hybridized carbons (Fsp3) is 0.538. The van der Waals surface area contributed by atoms with Crippen molar-refractivity contribution in [2.45, 2.75) is 33.7 Å². The number of nitrogens with two attached hydrogens (primary N) is 1. The third-order valence-electron chi connectivity index (χ3n) is 3.99. The maximum atomic E-state index is 6.00. The number of hydrogen-bond donors (Lipinski definition) is 1. The number of aromatic nitrogens is 3. The van der Waals surface area contributed by atoms with Crippen LogP contribution in [0.15, 0.2) is 12.3 Å². The monoisotopic (exact) mass is 230 g/mol. The number of nitrogens with zero attached hydrogens (tertiary/aromatic N) is 3. The average molecular weight is 230 g/mol.